The van der Waals surface area contributed by atoms with Crippen LogP contribution in [0.25, 0.3) is 16.8 Å². The molecule has 31 heavy (non-hydrogen) atoms. The molecule has 3 aromatic heterocycles. The summed E-state index contributed by atoms with van der Waals surface area (Å²) < 4.78 is 18.7. The second-order valence-electron chi connectivity index (χ2n) is 6.75. The highest BCUT2D eigenvalue weighted by Gasteiger charge is 2.17. The van der Waals surface area contributed by atoms with Crippen LogP contribution in [0.1, 0.15) is 22.6 Å². The van der Waals surface area contributed by atoms with Crippen LogP contribution in [0, 0.1) is 0 Å². The van der Waals surface area contributed by atoms with Gasteiger partial charge in [-0.1, -0.05) is 0 Å². The minimum absolute atomic E-state index is 0.0304. The van der Waals surface area contributed by atoms with Crippen LogP contribution in [0.5, 0.6) is 11.5 Å². The predicted molar refractivity (Wildman–Crippen MR) is 107 cm³/mol. The zero-order valence-corrected chi connectivity index (χ0v) is 16.4. The Labute approximate surface area is 174 Å². The number of benzene rings is 1. The summed E-state index contributed by atoms with van der Waals surface area (Å²) in [5.74, 6) is 1.23. The van der Waals surface area contributed by atoms with Gasteiger partial charge in [0.15, 0.2) is 22.8 Å². The molecule has 1 aliphatic heterocycles. The zero-order chi connectivity index (χ0) is 21.4. The van der Waals surface area contributed by atoms with Gasteiger partial charge in [0.1, 0.15) is 12.1 Å². The van der Waals surface area contributed by atoms with Crippen molar-refractivity contribution in [2.45, 2.75) is 13.0 Å². The lowest BCUT2D eigenvalue weighted by atomic mass is 10.2. The van der Waals surface area contributed by atoms with Crippen LogP contribution >= 0.6 is 0 Å². The number of amides is 1. The average Bonchev–Trinajstić information content (AvgIpc) is 3.04. The van der Waals surface area contributed by atoms with E-state index in [0.717, 1.165) is 11.1 Å². The van der Waals surface area contributed by atoms with Crippen LogP contribution in [-0.2, 0) is 11.3 Å². The van der Waals surface area contributed by atoms with E-state index in [1.165, 1.54) is 17.8 Å². The number of nitrogens with one attached hydrogen (secondary N) is 1. The second-order valence-corrected chi connectivity index (χ2v) is 6.75. The first-order valence-corrected chi connectivity index (χ1v) is 9.48. The molecule has 0 saturated heterocycles. The van der Waals surface area contributed by atoms with Crippen molar-refractivity contribution in [2.75, 3.05) is 25.7 Å². The lowest BCUT2D eigenvalue weighted by Crippen LogP contribution is -2.33. The molecule has 1 aliphatic rings. The highest BCUT2D eigenvalue weighted by molar-refractivity contribution is 6.00. The standard InChI is InChI=1S/C19H17N7O5/c1-29-10-15-20-19-22-21-16-12(26(19)23-15)5-6-25(18(16)28)24-17(27)11-3-4-13-14(9-11)31-8-2-7-30-13/h3-6,9H,2,7-8,10H2,1H3,(H,24,27). The number of carbonyl (C=O) groups excluding carboxylic acids is 1. The van der Waals surface area contributed by atoms with Crippen molar-refractivity contribution in [1.82, 2.24) is 29.5 Å². The molecule has 1 amide bonds. The molecule has 0 atom stereocenters. The van der Waals surface area contributed by atoms with E-state index in [4.69, 9.17) is 14.2 Å². The summed E-state index contributed by atoms with van der Waals surface area (Å²) in [6.07, 6.45) is 2.18. The van der Waals surface area contributed by atoms with E-state index in [0.29, 0.717) is 41.6 Å². The van der Waals surface area contributed by atoms with E-state index in [9.17, 15) is 9.59 Å². The minimum atomic E-state index is -0.557. The van der Waals surface area contributed by atoms with Gasteiger partial charge in [0.25, 0.3) is 17.2 Å². The van der Waals surface area contributed by atoms with Gasteiger partial charge in [0, 0.05) is 25.3 Å². The molecular formula is C19H17N7O5. The number of carbonyl (C=O) groups is 1. The van der Waals surface area contributed by atoms with Crippen LogP contribution in [0.2, 0.25) is 0 Å². The third kappa shape index (κ3) is 3.42. The van der Waals surface area contributed by atoms with Crippen LogP contribution < -0.4 is 20.5 Å². The average molecular weight is 423 g/mol. The summed E-state index contributed by atoms with van der Waals surface area (Å²) in [6.45, 7) is 1.26. The fraction of sp³-hybridized carbons (Fsp3) is 0.263. The van der Waals surface area contributed by atoms with Gasteiger partial charge in [-0.25, -0.2) is 4.68 Å². The topological polar surface area (TPSA) is 135 Å². The van der Waals surface area contributed by atoms with Gasteiger partial charge < -0.3 is 14.2 Å². The maximum absolute atomic E-state index is 12.9. The summed E-state index contributed by atoms with van der Waals surface area (Å²) in [6, 6.07) is 6.45. The van der Waals surface area contributed by atoms with Crippen LogP contribution in [0.3, 0.4) is 0 Å². The summed E-state index contributed by atoms with van der Waals surface area (Å²) in [7, 11) is 1.53. The monoisotopic (exact) mass is 423 g/mol. The van der Waals surface area contributed by atoms with E-state index in [1.54, 1.807) is 24.3 Å². The highest BCUT2D eigenvalue weighted by atomic mass is 16.5. The Morgan fingerprint density at radius 3 is 2.87 bits per heavy atom. The number of nitrogens with zero attached hydrogens (tertiary/aromatic N) is 6. The van der Waals surface area contributed by atoms with Gasteiger partial charge in [-0.3, -0.25) is 15.0 Å². The number of hydrogen-bond acceptors (Lipinski definition) is 9. The van der Waals surface area contributed by atoms with E-state index in [-0.39, 0.29) is 17.9 Å². The number of methoxy groups -OCH3 is 1. The molecule has 158 valence electrons. The molecule has 4 heterocycles. The Balaban J connectivity index is 1.47. The lowest BCUT2D eigenvalue weighted by Gasteiger charge is -2.11. The Morgan fingerprint density at radius 2 is 2.03 bits per heavy atom. The van der Waals surface area contributed by atoms with E-state index in [2.05, 4.69) is 25.7 Å². The van der Waals surface area contributed by atoms with E-state index in [1.807, 2.05) is 0 Å². The minimum Gasteiger partial charge on any atom is -0.490 e. The Bertz CT molecular complexity index is 1360. The number of fused-ring (bicyclic) bond motifs is 4. The maximum atomic E-state index is 12.9. The molecule has 0 saturated carbocycles. The molecule has 0 fully saturated rings. The van der Waals surface area contributed by atoms with Gasteiger partial charge in [-0.05, 0) is 24.3 Å². The van der Waals surface area contributed by atoms with Crippen LogP contribution in [0.15, 0.2) is 35.3 Å². The van der Waals surface area contributed by atoms with E-state index < -0.39 is 11.5 Å². The Hall–Kier alpha value is -4.06. The summed E-state index contributed by atoms with van der Waals surface area (Å²) >= 11 is 0. The zero-order valence-electron chi connectivity index (χ0n) is 16.4. The van der Waals surface area contributed by atoms with Crippen molar-refractivity contribution in [3.8, 4) is 11.5 Å². The normalized spacial score (nSPS) is 13.3. The van der Waals surface area contributed by atoms with Gasteiger partial charge >= 0.3 is 0 Å². The van der Waals surface area contributed by atoms with Gasteiger partial charge in [0.2, 0.25) is 0 Å². The number of rotatable bonds is 4. The summed E-state index contributed by atoms with van der Waals surface area (Å²) in [5, 5.41) is 12.2. The Kier molecular flexibility index (Phi) is 4.67. The first-order valence-electron chi connectivity index (χ1n) is 9.48. The Morgan fingerprint density at radius 1 is 1.19 bits per heavy atom. The quantitative estimate of drug-likeness (QED) is 0.498. The first-order chi connectivity index (χ1) is 15.1. The van der Waals surface area contributed by atoms with Gasteiger partial charge in [0.05, 0.1) is 13.2 Å². The second kappa shape index (κ2) is 7.65. The van der Waals surface area contributed by atoms with Crippen LogP contribution in [0.4, 0.5) is 0 Å². The van der Waals surface area contributed by atoms with Crippen molar-refractivity contribution in [3.05, 3.63) is 52.2 Å². The van der Waals surface area contributed by atoms with Crippen molar-refractivity contribution < 1.29 is 19.0 Å². The number of aromatic nitrogens is 6. The van der Waals surface area contributed by atoms with Gasteiger partial charge in [-0.15, -0.1) is 15.3 Å². The largest absolute Gasteiger partial charge is 0.490 e. The summed E-state index contributed by atoms with van der Waals surface area (Å²) in [5.41, 5.74) is 2.75. The van der Waals surface area contributed by atoms with Gasteiger partial charge in [-0.2, -0.15) is 9.50 Å². The highest BCUT2D eigenvalue weighted by Crippen LogP contribution is 2.30. The summed E-state index contributed by atoms with van der Waals surface area (Å²) in [4.78, 5) is 29.8. The molecule has 12 heteroatoms. The third-order valence-electron chi connectivity index (χ3n) is 4.65. The SMILES string of the molecule is COCc1nc2nnc3c(=O)n(NC(=O)c4ccc5c(c4)OCCCO5)ccc3n2n1. The maximum Gasteiger partial charge on any atom is 0.299 e. The van der Waals surface area contributed by atoms with Crippen molar-refractivity contribution in [1.29, 1.82) is 0 Å². The predicted octanol–water partition coefficient (Wildman–Crippen LogP) is 0.526. The number of hydrogen-bond donors (Lipinski definition) is 1. The molecule has 0 radical (unpaired) electrons. The molecular weight excluding hydrogens is 406 g/mol. The first kappa shape index (κ1) is 18.9. The molecule has 0 aliphatic carbocycles. The third-order valence-corrected chi connectivity index (χ3v) is 4.65. The number of ether oxygens (including phenoxy) is 3. The number of pyridine rings is 1. The molecule has 4 aromatic rings. The van der Waals surface area contributed by atoms with Crippen molar-refractivity contribution >= 4 is 22.7 Å². The van der Waals surface area contributed by atoms with Crippen molar-refractivity contribution in [3.63, 3.8) is 0 Å². The fourth-order valence-corrected chi connectivity index (χ4v) is 3.20. The van der Waals surface area contributed by atoms with Crippen molar-refractivity contribution in [2.24, 2.45) is 0 Å². The molecule has 1 aromatic carbocycles. The molecule has 5 rings (SSSR count). The molecule has 0 bridgehead atoms. The fourth-order valence-electron chi connectivity index (χ4n) is 3.20. The molecule has 0 unspecified atom stereocenters. The molecule has 1 N–H and O–H groups in total. The van der Waals surface area contributed by atoms with E-state index >= 15 is 0 Å². The smallest absolute Gasteiger partial charge is 0.299 e. The lowest BCUT2D eigenvalue weighted by molar-refractivity contribution is 0.101. The molecule has 12 nitrogen and oxygen atoms in total. The van der Waals surface area contributed by atoms with Crippen LogP contribution in [-0.4, -0.2) is 55.7 Å². The molecule has 0 spiro atoms.